The van der Waals surface area contributed by atoms with Crippen LogP contribution in [0, 0.1) is 35.5 Å². The summed E-state index contributed by atoms with van der Waals surface area (Å²) >= 11 is 0. The van der Waals surface area contributed by atoms with Gasteiger partial charge in [0.05, 0.1) is 18.0 Å². The molecule has 0 aromatic carbocycles. The molecule has 6 nitrogen and oxygen atoms in total. The summed E-state index contributed by atoms with van der Waals surface area (Å²) in [5.41, 5.74) is 0. The molecule has 0 amide bonds. The fourth-order valence-electron chi connectivity index (χ4n) is 9.58. The molecule has 5 aliphatic rings. The average molecular weight is 553 g/mol. The van der Waals surface area contributed by atoms with Gasteiger partial charge in [-0.05, 0) is 113 Å². The maximum atomic E-state index is 14.0. The van der Waals surface area contributed by atoms with Gasteiger partial charge in [0.1, 0.15) is 0 Å². The number of rotatable bonds is 7. The van der Waals surface area contributed by atoms with Gasteiger partial charge in [0, 0.05) is 39.4 Å². The van der Waals surface area contributed by atoms with Crippen LogP contribution in [0.15, 0.2) is 0 Å². The van der Waals surface area contributed by atoms with Crippen molar-refractivity contribution >= 4 is 10.0 Å². The second kappa shape index (κ2) is 12.8. The SMILES string of the molecule is COC[C@@H]1[C@@H](C2CCC(C3CC(C)CCC3OC)CC2)C2CN(S(=O)(=O)C3CCCCC3C)CCCCN21. The summed E-state index contributed by atoms with van der Waals surface area (Å²) in [5, 5.41) is -0.181. The Labute approximate surface area is 233 Å². The van der Waals surface area contributed by atoms with E-state index in [0.29, 0.717) is 43.1 Å². The molecule has 3 aliphatic carbocycles. The summed E-state index contributed by atoms with van der Waals surface area (Å²) in [6, 6.07) is 0.802. The first-order valence-electron chi connectivity index (χ1n) is 16.1. The Morgan fingerprint density at radius 1 is 0.816 bits per heavy atom. The molecule has 2 saturated heterocycles. The first-order chi connectivity index (χ1) is 18.3. The van der Waals surface area contributed by atoms with Gasteiger partial charge in [0.25, 0.3) is 0 Å². The zero-order valence-electron chi connectivity index (χ0n) is 24.7. The largest absolute Gasteiger partial charge is 0.383 e. The molecule has 220 valence electrons. The normalized spacial score (nSPS) is 44.0. The van der Waals surface area contributed by atoms with E-state index in [4.69, 9.17) is 9.47 Å². The third kappa shape index (κ3) is 5.89. The molecular weight excluding hydrogens is 496 g/mol. The molecule has 5 rings (SSSR count). The smallest absolute Gasteiger partial charge is 0.217 e. The topological polar surface area (TPSA) is 59.1 Å². The minimum absolute atomic E-state index is 0.181. The van der Waals surface area contributed by atoms with Crippen molar-refractivity contribution in [3.05, 3.63) is 0 Å². The lowest BCUT2D eigenvalue weighted by molar-refractivity contribution is -0.129. The minimum Gasteiger partial charge on any atom is -0.383 e. The highest BCUT2D eigenvalue weighted by atomic mass is 32.2. The highest BCUT2D eigenvalue weighted by Crippen LogP contribution is 2.49. The third-order valence-corrected chi connectivity index (χ3v) is 14.2. The second-order valence-corrected chi connectivity index (χ2v) is 16.0. The van der Waals surface area contributed by atoms with Gasteiger partial charge in [0.2, 0.25) is 10.0 Å². The van der Waals surface area contributed by atoms with Crippen LogP contribution < -0.4 is 0 Å². The quantitative estimate of drug-likeness (QED) is 0.414. The fourth-order valence-corrected chi connectivity index (χ4v) is 11.9. The van der Waals surface area contributed by atoms with E-state index in [1.807, 2.05) is 18.5 Å². The van der Waals surface area contributed by atoms with E-state index in [-0.39, 0.29) is 11.2 Å². The summed E-state index contributed by atoms with van der Waals surface area (Å²) in [6.07, 6.45) is 15.7. The molecule has 2 aliphatic heterocycles. The Morgan fingerprint density at radius 2 is 1.53 bits per heavy atom. The van der Waals surface area contributed by atoms with Gasteiger partial charge >= 0.3 is 0 Å². The van der Waals surface area contributed by atoms with Crippen molar-refractivity contribution in [1.82, 2.24) is 9.21 Å². The average Bonchev–Trinajstić information content (AvgIpc) is 2.90. The van der Waals surface area contributed by atoms with Gasteiger partial charge in [-0.1, -0.05) is 26.7 Å². The van der Waals surface area contributed by atoms with E-state index in [2.05, 4.69) is 18.7 Å². The molecule has 2 heterocycles. The van der Waals surface area contributed by atoms with E-state index >= 15 is 0 Å². The van der Waals surface area contributed by atoms with Crippen LogP contribution in [0.1, 0.15) is 97.3 Å². The number of hydrogen-bond donors (Lipinski definition) is 0. The second-order valence-electron chi connectivity index (χ2n) is 13.8. The first kappa shape index (κ1) is 29.3. The molecule has 8 atom stereocenters. The maximum absolute atomic E-state index is 14.0. The van der Waals surface area contributed by atoms with E-state index < -0.39 is 10.0 Å². The van der Waals surface area contributed by atoms with E-state index in [0.717, 1.165) is 63.0 Å². The lowest BCUT2D eigenvalue weighted by atomic mass is 9.62. The summed E-state index contributed by atoms with van der Waals surface area (Å²) in [6.45, 7) is 7.86. The molecule has 7 heteroatoms. The number of nitrogens with zero attached hydrogens (tertiary/aromatic N) is 2. The predicted octanol–water partition coefficient (Wildman–Crippen LogP) is 5.56. The summed E-state index contributed by atoms with van der Waals surface area (Å²) < 4.78 is 41.6. The Balaban J connectivity index is 1.28. The van der Waals surface area contributed by atoms with Crippen molar-refractivity contribution in [2.24, 2.45) is 35.5 Å². The highest BCUT2D eigenvalue weighted by Gasteiger charge is 2.54. The molecule has 0 spiro atoms. The Hall–Kier alpha value is -0.210. The van der Waals surface area contributed by atoms with Crippen molar-refractivity contribution < 1.29 is 17.9 Å². The summed E-state index contributed by atoms with van der Waals surface area (Å²) in [7, 11) is 0.495. The lowest BCUT2D eigenvalue weighted by Crippen LogP contribution is -2.71. The van der Waals surface area contributed by atoms with Crippen LogP contribution in [0.3, 0.4) is 0 Å². The summed E-state index contributed by atoms with van der Waals surface area (Å²) in [4.78, 5) is 2.63. The standard InChI is InChI=1S/C31H56N2O4S/c1-22-11-16-29(37-4)26(19-22)24-12-14-25(15-13-24)31-27-20-32(17-7-8-18-33(27)28(31)21-36-3)38(34,35)30-10-6-5-9-23(30)2/h22-31H,5-21H2,1-4H3/t22?,23?,24?,25?,26?,27?,28-,29?,30?,31+/m1/s1. The molecule has 0 aromatic rings. The van der Waals surface area contributed by atoms with Crippen LogP contribution in [0.25, 0.3) is 0 Å². The predicted molar refractivity (Wildman–Crippen MR) is 154 cm³/mol. The molecule has 6 unspecified atom stereocenters. The number of sulfonamides is 1. The lowest BCUT2D eigenvalue weighted by Gasteiger charge is -2.60. The van der Waals surface area contributed by atoms with Gasteiger partial charge in [-0.15, -0.1) is 0 Å². The van der Waals surface area contributed by atoms with Crippen LogP contribution >= 0.6 is 0 Å². The van der Waals surface area contributed by atoms with Crippen molar-refractivity contribution in [3.63, 3.8) is 0 Å². The molecule has 5 fully saturated rings. The number of hydrogen-bond acceptors (Lipinski definition) is 5. The zero-order valence-corrected chi connectivity index (χ0v) is 25.5. The van der Waals surface area contributed by atoms with Crippen molar-refractivity contribution in [3.8, 4) is 0 Å². The number of methoxy groups -OCH3 is 2. The Bertz CT molecular complexity index is 860. The van der Waals surface area contributed by atoms with E-state index in [9.17, 15) is 8.42 Å². The molecule has 0 aromatic heterocycles. The fraction of sp³-hybridized carbons (Fsp3) is 1.00. The minimum atomic E-state index is -3.26. The molecule has 0 N–H and O–H groups in total. The van der Waals surface area contributed by atoms with Crippen molar-refractivity contribution in [1.29, 1.82) is 0 Å². The van der Waals surface area contributed by atoms with Gasteiger partial charge in [0.15, 0.2) is 0 Å². The number of fused-ring (bicyclic) bond motifs is 1. The zero-order chi connectivity index (χ0) is 26.9. The van der Waals surface area contributed by atoms with Crippen LogP contribution in [0.5, 0.6) is 0 Å². The van der Waals surface area contributed by atoms with Gasteiger partial charge in [-0.3, -0.25) is 4.90 Å². The molecular formula is C31H56N2O4S. The third-order valence-electron chi connectivity index (χ3n) is 11.7. The molecule has 0 bridgehead atoms. The maximum Gasteiger partial charge on any atom is 0.217 e. The number of ether oxygens (including phenoxy) is 2. The van der Waals surface area contributed by atoms with E-state index in [1.54, 1.807) is 0 Å². The van der Waals surface area contributed by atoms with Crippen molar-refractivity contribution in [2.75, 3.05) is 40.5 Å². The van der Waals surface area contributed by atoms with E-state index in [1.165, 1.54) is 51.4 Å². The Morgan fingerprint density at radius 3 is 2.24 bits per heavy atom. The van der Waals surface area contributed by atoms with Crippen LogP contribution in [-0.2, 0) is 19.5 Å². The van der Waals surface area contributed by atoms with Gasteiger partial charge in [-0.2, -0.15) is 0 Å². The molecule has 3 saturated carbocycles. The Kier molecular flexibility index (Phi) is 9.83. The monoisotopic (exact) mass is 552 g/mol. The first-order valence-corrected chi connectivity index (χ1v) is 17.6. The molecule has 0 radical (unpaired) electrons. The van der Waals surface area contributed by atoms with Crippen LogP contribution in [0.2, 0.25) is 0 Å². The van der Waals surface area contributed by atoms with Crippen LogP contribution in [-0.4, -0.2) is 81.5 Å². The highest BCUT2D eigenvalue weighted by molar-refractivity contribution is 7.89. The molecule has 38 heavy (non-hydrogen) atoms. The van der Waals surface area contributed by atoms with Crippen LogP contribution in [0.4, 0.5) is 0 Å². The van der Waals surface area contributed by atoms with Gasteiger partial charge in [-0.25, -0.2) is 12.7 Å². The van der Waals surface area contributed by atoms with Crippen molar-refractivity contribution in [2.45, 2.75) is 121 Å². The summed E-state index contributed by atoms with van der Waals surface area (Å²) in [5.74, 6) is 3.86. The van der Waals surface area contributed by atoms with Gasteiger partial charge < -0.3 is 9.47 Å².